The Balaban J connectivity index is 2.17. The predicted molar refractivity (Wildman–Crippen MR) is 89.0 cm³/mol. The van der Waals surface area contributed by atoms with Crippen molar-refractivity contribution in [2.45, 2.75) is 57.5 Å². The molecule has 0 bridgehead atoms. The van der Waals surface area contributed by atoms with E-state index in [9.17, 15) is 4.79 Å². The zero-order valence-electron chi connectivity index (χ0n) is 12.3. The molecule has 5 heteroatoms. The summed E-state index contributed by atoms with van der Waals surface area (Å²) in [7, 11) is 0. The van der Waals surface area contributed by atoms with Gasteiger partial charge in [-0.15, -0.1) is 0 Å². The fraction of sp³-hybridized carbons (Fsp3) is 0.562. The largest absolute Gasteiger partial charge is 0.397 e. The monoisotopic (exact) mass is 328 g/mol. The number of nitrogens with one attached hydrogen (secondary N) is 1. The Hall–Kier alpha value is -0.770. The molecule has 0 unspecified atom stereocenters. The molecule has 3 nitrogen and oxygen atoms in total. The molecule has 1 aromatic rings. The van der Waals surface area contributed by atoms with Crippen LogP contribution >= 0.6 is 23.2 Å². The average molecular weight is 329 g/mol. The van der Waals surface area contributed by atoms with Crippen molar-refractivity contribution in [3.8, 4) is 0 Å². The minimum Gasteiger partial charge on any atom is -0.397 e. The second-order valence-electron chi connectivity index (χ2n) is 5.85. The SMILES string of the molecule is CCC1(NCc2cc(C(=O)Cl)cc(Cl)c2N)CCCCC1. The number of anilines is 1. The van der Waals surface area contributed by atoms with E-state index >= 15 is 0 Å². The highest BCUT2D eigenvalue weighted by atomic mass is 35.5. The summed E-state index contributed by atoms with van der Waals surface area (Å²) >= 11 is 11.6. The molecule has 0 atom stereocenters. The molecule has 0 spiro atoms. The van der Waals surface area contributed by atoms with E-state index in [1.54, 1.807) is 6.07 Å². The van der Waals surface area contributed by atoms with Gasteiger partial charge in [-0.1, -0.05) is 37.8 Å². The first-order valence-electron chi connectivity index (χ1n) is 7.50. The number of nitrogen functional groups attached to an aromatic ring is 1. The van der Waals surface area contributed by atoms with Gasteiger partial charge in [-0.25, -0.2) is 0 Å². The number of rotatable bonds is 5. The lowest BCUT2D eigenvalue weighted by Gasteiger charge is -2.38. The van der Waals surface area contributed by atoms with Crippen LogP contribution in [-0.4, -0.2) is 10.8 Å². The molecule has 0 amide bonds. The van der Waals surface area contributed by atoms with E-state index in [4.69, 9.17) is 28.9 Å². The standard InChI is InChI=1S/C16H22Cl2N2O/c1-2-16(6-4-3-5-7-16)20-10-12-8-11(15(18)21)9-13(17)14(12)19/h8-9,20H,2-7,10,19H2,1H3. The van der Waals surface area contributed by atoms with Crippen molar-refractivity contribution in [2.24, 2.45) is 0 Å². The van der Waals surface area contributed by atoms with Crippen molar-refractivity contribution in [2.75, 3.05) is 5.73 Å². The third kappa shape index (κ3) is 3.91. The van der Waals surface area contributed by atoms with Gasteiger partial charge < -0.3 is 11.1 Å². The fourth-order valence-corrected chi connectivity index (χ4v) is 3.45. The molecule has 0 saturated heterocycles. The second kappa shape index (κ2) is 6.99. The van der Waals surface area contributed by atoms with Crippen molar-refractivity contribution in [1.82, 2.24) is 5.32 Å². The number of carbonyl (C=O) groups is 1. The van der Waals surface area contributed by atoms with E-state index < -0.39 is 5.24 Å². The van der Waals surface area contributed by atoms with Gasteiger partial charge in [0.05, 0.1) is 10.7 Å². The normalized spacial score (nSPS) is 17.7. The van der Waals surface area contributed by atoms with Crippen LogP contribution in [-0.2, 0) is 6.54 Å². The minimum atomic E-state index is -0.513. The molecule has 21 heavy (non-hydrogen) atoms. The van der Waals surface area contributed by atoms with Crippen molar-refractivity contribution in [1.29, 1.82) is 0 Å². The van der Waals surface area contributed by atoms with Crippen molar-refractivity contribution in [3.63, 3.8) is 0 Å². The molecule has 0 heterocycles. The fourth-order valence-electron chi connectivity index (χ4n) is 3.10. The zero-order chi connectivity index (χ0) is 15.5. The van der Waals surface area contributed by atoms with Gasteiger partial charge in [0.15, 0.2) is 0 Å². The summed E-state index contributed by atoms with van der Waals surface area (Å²) in [6.45, 7) is 2.82. The number of nitrogens with two attached hydrogens (primary N) is 1. The Labute approximate surface area is 136 Å². The van der Waals surface area contributed by atoms with Crippen LogP contribution in [0.25, 0.3) is 0 Å². The number of benzene rings is 1. The van der Waals surface area contributed by atoms with Gasteiger partial charge in [-0.05, 0) is 48.6 Å². The van der Waals surface area contributed by atoms with Crippen molar-refractivity contribution < 1.29 is 4.79 Å². The van der Waals surface area contributed by atoms with Crippen LogP contribution < -0.4 is 11.1 Å². The Morgan fingerprint density at radius 1 is 1.33 bits per heavy atom. The summed E-state index contributed by atoms with van der Waals surface area (Å²) in [6, 6.07) is 3.25. The Morgan fingerprint density at radius 2 is 2.00 bits per heavy atom. The van der Waals surface area contributed by atoms with Crippen molar-refractivity contribution in [3.05, 3.63) is 28.3 Å². The Kier molecular flexibility index (Phi) is 5.53. The first-order chi connectivity index (χ1) is 9.97. The Bertz CT molecular complexity index is 525. The van der Waals surface area contributed by atoms with Gasteiger partial charge >= 0.3 is 0 Å². The van der Waals surface area contributed by atoms with Crippen molar-refractivity contribution >= 4 is 34.1 Å². The Morgan fingerprint density at radius 3 is 2.57 bits per heavy atom. The molecule has 0 radical (unpaired) electrons. The highest BCUT2D eigenvalue weighted by Gasteiger charge is 2.29. The number of carbonyl (C=O) groups excluding carboxylic acids is 1. The third-order valence-electron chi connectivity index (χ3n) is 4.58. The lowest BCUT2D eigenvalue weighted by Crippen LogP contribution is -2.45. The van der Waals surface area contributed by atoms with Crippen LogP contribution in [0.1, 0.15) is 61.4 Å². The van der Waals surface area contributed by atoms with E-state index in [1.807, 2.05) is 0 Å². The summed E-state index contributed by atoms with van der Waals surface area (Å²) in [5.41, 5.74) is 7.95. The molecule has 3 N–H and O–H groups in total. The van der Waals surface area contributed by atoms with Gasteiger partial charge in [0.25, 0.3) is 5.24 Å². The number of hydrogen-bond acceptors (Lipinski definition) is 3. The number of halogens is 2. The quantitative estimate of drug-likeness (QED) is 0.617. The highest BCUT2D eigenvalue weighted by Crippen LogP contribution is 2.32. The molecule has 0 aliphatic heterocycles. The van der Waals surface area contributed by atoms with E-state index in [1.165, 1.54) is 38.2 Å². The first kappa shape index (κ1) is 16.6. The van der Waals surface area contributed by atoms with Gasteiger partial charge in [0.2, 0.25) is 0 Å². The summed E-state index contributed by atoms with van der Waals surface area (Å²) in [4.78, 5) is 11.3. The molecule has 0 aromatic heterocycles. The molecule has 116 valence electrons. The topological polar surface area (TPSA) is 55.1 Å². The maximum atomic E-state index is 11.3. The second-order valence-corrected chi connectivity index (χ2v) is 6.60. The van der Waals surface area contributed by atoms with E-state index in [0.717, 1.165) is 12.0 Å². The molecular formula is C16H22Cl2N2O. The molecule has 1 aromatic carbocycles. The summed E-state index contributed by atoms with van der Waals surface area (Å²) in [5, 5.41) is 3.51. The van der Waals surface area contributed by atoms with Gasteiger partial charge in [-0.3, -0.25) is 4.79 Å². The average Bonchev–Trinajstić information content (AvgIpc) is 2.49. The number of hydrogen-bond donors (Lipinski definition) is 2. The minimum absolute atomic E-state index is 0.179. The van der Waals surface area contributed by atoms with E-state index in [2.05, 4.69) is 12.2 Å². The maximum Gasteiger partial charge on any atom is 0.252 e. The van der Waals surface area contributed by atoms with Crippen LogP contribution in [0.4, 0.5) is 5.69 Å². The van der Waals surface area contributed by atoms with Crippen LogP contribution in [0.2, 0.25) is 5.02 Å². The van der Waals surface area contributed by atoms with Crippen LogP contribution in [0.15, 0.2) is 12.1 Å². The van der Waals surface area contributed by atoms with Crippen LogP contribution in [0.3, 0.4) is 0 Å². The molecule has 2 rings (SSSR count). The van der Waals surface area contributed by atoms with E-state index in [0.29, 0.717) is 22.8 Å². The lowest BCUT2D eigenvalue weighted by atomic mass is 9.79. The highest BCUT2D eigenvalue weighted by molar-refractivity contribution is 6.67. The maximum absolute atomic E-state index is 11.3. The molecule has 1 aliphatic carbocycles. The van der Waals surface area contributed by atoms with E-state index in [-0.39, 0.29) is 5.54 Å². The molecule has 1 aliphatic rings. The van der Waals surface area contributed by atoms with Gasteiger partial charge in [-0.2, -0.15) is 0 Å². The molecular weight excluding hydrogens is 307 g/mol. The first-order valence-corrected chi connectivity index (χ1v) is 8.26. The van der Waals surface area contributed by atoms with Crippen LogP contribution in [0, 0.1) is 0 Å². The summed E-state index contributed by atoms with van der Waals surface area (Å²) < 4.78 is 0. The zero-order valence-corrected chi connectivity index (χ0v) is 13.9. The lowest BCUT2D eigenvalue weighted by molar-refractivity contribution is 0.108. The smallest absolute Gasteiger partial charge is 0.252 e. The van der Waals surface area contributed by atoms with Gasteiger partial charge in [0, 0.05) is 17.6 Å². The summed E-state index contributed by atoms with van der Waals surface area (Å²) in [6.07, 6.45) is 7.30. The van der Waals surface area contributed by atoms with Gasteiger partial charge in [0.1, 0.15) is 0 Å². The van der Waals surface area contributed by atoms with Crippen LogP contribution in [0.5, 0.6) is 0 Å². The predicted octanol–water partition coefficient (Wildman–Crippen LogP) is 4.50. The molecule has 1 saturated carbocycles. The third-order valence-corrected chi connectivity index (χ3v) is 5.11. The molecule has 1 fully saturated rings. The summed E-state index contributed by atoms with van der Waals surface area (Å²) in [5.74, 6) is 0.